The third-order valence-electron chi connectivity index (χ3n) is 1.80. The Hall–Kier alpha value is 0.250. The number of nitrogens with one attached hydrogen (secondary N) is 1. The van der Waals surface area contributed by atoms with Crippen LogP contribution in [0.15, 0.2) is 0 Å². The maximum absolute atomic E-state index is 5.92. The van der Waals surface area contributed by atoms with Gasteiger partial charge < -0.3 is 5.32 Å². The summed E-state index contributed by atoms with van der Waals surface area (Å²) in [4.78, 5) is 0. The first kappa shape index (κ1) is 6.37. The largest absolute Gasteiger partial charge is 0.316 e. The lowest BCUT2D eigenvalue weighted by molar-refractivity contribution is 0.587. The van der Waals surface area contributed by atoms with Crippen molar-refractivity contribution >= 4 is 11.6 Å². The summed E-state index contributed by atoms with van der Waals surface area (Å²) >= 11 is 5.92. The van der Waals surface area contributed by atoms with Crippen LogP contribution in [0.4, 0.5) is 0 Å². The Labute approximate surface area is 55.4 Å². The molecule has 0 amide bonds. The van der Waals surface area contributed by atoms with Crippen LogP contribution < -0.4 is 5.32 Å². The second-order valence-corrected chi connectivity index (χ2v) is 2.90. The van der Waals surface area contributed by atoms with Gasteiger partial charge in [0.2, 0.25) is 0 Å². The van der Waals surface area contributed by atoms with E-state index in [1.807, 2.05) is 7.05 Å². The van der Waals surface area contributed by atoms with Crippen molar-refractivity contribution in [3.63, 3.8) is 0 Å². The molecule has 1 N–H and O–H groups in total. The van der Waals surface area contributed by atoms with Crippen LogP contribution in [0.1, 0.15) is 19.3 Å². The average molecular weight is 134 g/mol. The van der Waals surface area contributed by atoms with Gasteiger partial charge in [0, 0.05) is 11.4 Å². The van der Waals surface area contributed by atoms with Crippen LogP contribution in [-0.2, 0) is 0 Å². The van der Waals surface area contributed by atoms with Crippen LogP contribution >= 0.6 is 11.6 Å². The zero-order chi connectivity index (χ0) is 5.98. The van der Waals surface area contributed by atoms with Crippen molar-refractivity contribution in [3.05, 3.63) is 0 Å². The summed E-state index contributed by atoms with van der Waals surface area (Å²) in [5, 5.41) is 3.57. The molecule has 1 fully saturated rings. The van der Waals surface area contributed by atoms with Gasteiger partial charge in [-0.05, 0) is 19.9 Å². The fraction of sp³-hybridized carbons (Fsp3) is 1.00. The molecule has 0 bridgehead atoms. The van der Waals surface area contributed by atoms with Gasteiger partial charge in [-0.15, -0.1) is 11.6 Å². The van der Waals surface area contributed by atoms with Gasteiger partial charge in [-0.25, -0.2) is 0 Å². The molecule has 0 heterocycles. The number of halogens is 1. The van der Waals surface area contributed by atoms with E-state index in [2.05, 4.69) is 5.32 Å². The standard InChI is InChI=1S/C6H12ClN/c1-8-6-4-2-3-5(6)7/h5-6,8H,2-4H2,1H3/t5-,6-/m1/s1. The van der Waals surface area contributed by atoms with Crippen LogP contribution in [0, 0.1) is 0 Å². The number of hydrogen-bond donors (Lipinski definition) is 1. The van der Waals surface area contributed by atoms with Gasteiger partial charge in [-0.2, -0.15) is 0 Å². The van der Waals surface area contributed by atoms with E-state index in [-0.39, 0.29) is 0 Å². The molecule has 48 valence electrons. The highest BCUT2D eigenvalue weighted by molar-refractivity contribution is 6.21. The summed E-state index contributed by atoms with van der Waals surface area (Å²) < 4.78 is 0. The summed E-state index contributed by atoms with van der Waals surface area (Å²) in [6.07, 6.45) is 3.73. The lowest BCUT2D eigenvalue weighted by atomic mass is 10.2. The van der Waals surface area contributed by atoms with Crippen LogP contribution in [-0.4, -0.2) is 18.5 Å². The second kappa shape index (κ2) is 2.70. The smallest absolute Gasteiger partial charge is 0.0489 e. The lowest BCUT2D eigenvalue weighted by Gasteiger charge is -2.10. The Kier molecular flexibility index (Phi) is 2.15. The number of rotatable bonds is 1. The van der Waals surface area contributed by atoms with Gasteiger partial charge in [0.25, 0.3) is 0 Å². The Morgan fingerprint density at radius 2 is 2.25 bits per heavy atom. The molecule has 0 aromatic heterocycles. The number of alkyl halides is 1. The minimum absolute atomic E-state index is 0.389. The summed E-state index contributed by atoms with van der Waals surface area (Å²) in [5.41, 5.74) is 0. The molecule has 1 nitrogen and oxygen atoms in total. The molecule has 0 radical (unpaired) electrons. The van der Waals surface area contributed by atoms with E-state index in [1.54, 1.807) is 0 Å². The second-order valence-electron chi connectivity index (χ2n) is 2.34. The van der Waals surface area contributed by atoms with Gasteiger partial charge in [0.1, 0.15) is 0 Å². The van der Waals surface area contributed by atoms with Crippen molar-refractivity contribution in [3.8, 4) is 0 Å². The van der Waals surface area contributed by atoms with Crippen molar-refractivity contribution in [1.82, 2.24) is 5.32 Å². The van der Waals surface area contributed by atoms with Crippen LogP contribution in [0.5, 0.6) is 0 Å². The molecule has 2 heteroatoms. The van der Waals surface area contributed by atoms with E-state index < -0.39 is 0 Å². The molecule has 0 aromatic carbocycles. The zero-order valence-corrected chi connectivity index (χ0v) is 5.91. The van der Waals surface area contributed by atoms with Crippen LogP contribution in [0.3, 0.4) is 0 Å². The molecular weight excluding hydrogens is 122 g/mol. The molecule has 0 aromatic rings. The molecule has 0 aliphatic heterocycles. The van der Waals surface area contributed by atoms with E-state index in [0.717, 1.165) is 0 Å². The Balaban J connectivity index is 2.30. The molecular formula is C6H12ClN. The zero-order valence-electron chi connectivity index (χ0n) is 5.15. The van der Waals surface area contributed by atoms with E-state index in [4.69, 9.17) is 11.6 Å². The molecule has 1 aliphatic rings. The SMILES string of the molecule is CN[C@@H]1CCC[C@H]1Cl. The normalized spacial score (nSPS) is 38.2. The van der Waals surface area contributed by atoms with Crippen molar-refractivity contribution < 1.29 is 0 Å². The summed E-state index contributed by atoms with van der Waals surface area (Å²) in [5.74, 6) is 0. The quantitative estimate of drug-likeness (QED) is 0.533. The Bertz CT molecular complexity index is 74.9. The van der Waals surface area contributed by atoms with Gasteiger partial charge in [-0.1, -0.05) is 6.42 Å². The van der Waals surface area contributed by atoms with Crippen molar-refractivity contribution in [1.29, 1.82) is 0 Å². The molecule has 0 unspecified atom stereocenters. The average Bonchev–Trinajstić information content (AvgIpc) is 2.14. The summed E-state index contributed by atoms with van der Waals surface area (Å²) in [6, 6.07) is 0.580. The van der Waals surface area contributed by atoms with Gasteiger partial charge in [0.15, 0.2) is 0 Å². The third kappa shape index (κ3) is 1.15. The first-order chi connectivity index (χ1) is 3.84. The van der Waals surface area contributed by atoms with E-state index >= 15 is 0 Å². The third-order valence-corrected chi connectivity index (χ3v) is 2.32. The molecule has 1 rings (SSSR count). The molecule has 0 saturated heterocycles. The molecule has 1 aliphatic carbocycles. The number of hydrogen-bond acceptors (Lipinski definition) is 1. The minimum atomic E-state index is 0.389. The first-order valence-corrected chi connectivity index (χ1v) is 3.59. The predicted molar refractivity (Wildman–Crippen MR) is 36.3 cm³/mol. The molecule has 8 heavy (non-hydrogen) atoms. The van der Waals surface area contributed by atoms with Crippen molar-refractivity contribution in [2.24, 2.45) is 0 Å². The topological polar surface area (TPSA) is 12.0 Å². The minimum Gasteiger partial charge on any atom is -0.316 e. The van der Waals surface area contributed by atoms with Crippen molar-refractivity contribution in [2.45, 2.75) is 30.7 Å². The summed E-state index contributed by atoms with van der Waals surface area (Å²) in [6.45, 7) is 0. The predicted octanol–water partition coefficient (Wildman–Crippen LogP) is 1.37. The van der Waals surface area contributed by atoms with E-state index in [1.165, 1.54) is 19.3 Å². The van der Waals surface area contributed by atoms with Crippen LogP contribution in [0.25, 0.3) is 0 Å². The summed E-state index contributed by atoms with van der Waals surface area (Å²) in [7, 11) is 1.98. The van der Waals surface area contributed by atoms with E-state index in [9.17, 15) is 0 Å². The van der Waals surface area contributed by atoms with Gasteiger partial charge >= 0.3 is 0 Å². The molecule has 0 spiro atoms. The maximum Gasteiger partial charge on any atom is 0.0489 e. The van der Waals surface area contributed by atoms with Gasteiger partial charge in [0.05, 0.1) is 0 Å². The highest BCUT2D eigenvalue weighted by Crippen LogP contribution is 2.23. The highest BCUT2D eigenvalue weighted by atomic mass is 35.5. The van der Waals surface area contributed by atoms with Crippen LogP contribution in [0.2, 0.25) is 0 Å². The fourth-order valence-corrected chi connectivity index (χ4v) is 1.65. The molecule has 1 saturated carbocycles. The Morgan fingerprint density at radius 3 is 2.50 bits per heavy atom. The highest BCUT2D eigenvalue weighted by Gasteiger charge is 2.22. The lowest BCUT2D eigenvalue weighted by Crippen LogP contribution is -2.29. The monoisotopic (exact) mass is 133 g/mol. The first-order valence-electron chi connectivity index (χ1n) is 3.16. The Morgan fingerprint density at radius 1 is 1.50 bits per heavy atom. The van der Waals surface area contributed by atoms with E-state index in [0.29, 0.717) is 11.4 Å². The fourth-order valence-electron chi connectivity index (χ4n) is 1.24. The molecule has 2 atom stereocenters. The maximum atomic E-state index is 5.92. The van der Waals surface area contributed by atoms with Gasteiger partial charge in [-0.3, -0.25) is 0 Å². The van der Waals surface area contributed by atoms with Crippen molar-refractivity contribution in [2.75, 3.05) is 7.05 Å².